The van der Waals surface area contributed by atoms with Crippen LogP contribution in [-0.4, -0.2) is 4.98 Å². The number of halogens is 2. The zero-order valence-electron chi connectivity index (χ0n) is 10.3. The van der Waals surface area contributed by atoms with Gasteiger partial charge in [0, 0.05) is 11.6 Å². The summed E-state index contributed by atoms with van der Waals surface area (Å²) in [6.45, 7) is 0. The fraction of sp³-hybridized carbons (Fsp3) is 0.0714. The Morgan fingerprint density at radius 1 is 1.30 bits per heavy atom. The first kappa shape index (κ1) is 13.1. The number of pyridine rings is 1. The van der Waals surface area contributed by atoms with Crippen molar-refractivity contribution in [3.05, 3.63) is 64.9 Å². The lowest BCUT2D eigenvalue weighted by atomic mass is 10.1. The Bertz CT molecular complexity index is 759. The van der Waals surface area contributed by atoms with Crippen LogP contribution in [0.25, 0.3) is 11.0 Å². The van der Waals surface area contributed by atoms with Crippen LogP contribution in [0, 0.1) is 5.82 Å². The summed E-state index contributed by atoms with van der Waals surface area (Å²) in [5.74, 6) is 5.60. The van der Waals surface area contributed by atoms with E-state index in [4.69, 9.17) is 21.9 Å². The van der Waals surface area contributed by atoms with Crippen molar-refractivity contribution in [3.8, 4) is 0 Å². The van der Waals surface area contributed by atoms with E-state index in [0.717, 1.165) is 0 Å². The maximum Gasteiger partial charge on any atom is 0.169 e. The molecule has 3 rings (SSSR count). The number of nitrogens with two attached hydrogens (primary N) is 1. The van der Waals surface area contributed by atoms with Crippen LogP contribution in [0.15, 0.2) is 47.0 Å². The molecule has 0 saturated heterocycles. The molecule has 1 aromatic carbocycles. The lowest BCUT2D eigenvalue weighted by Crippen LogP contribution is -2.29. The summed E-state index contributed by atoms with van der Waals surface area (Å²) in [6.07, 6.45) is 1.61. The van der Waals surface area contributed by atoms with Crippen LogP contribution < -0.4 is 11.3 Å². The summed E-state index contributed by atoms with van der Waals surface area (Å²) in [5, 5.41) is 1.11. The van der Waals surface area contributed by atoms with E-state index < -0.39 is 11.9 Å². The summed E-state index contributed by atoms with van der Waals surface area (Å²) in [6, 6.07) is 9.32. The van der Waals surface area contributed by atoms with Crippen molar-refractivity contribution < 1.29 is 8.81 Å². The average molecular weight is 292 g/mol. The number of aromatic nitrogens is 1. The summed E-state index contributed by atoms with van der Waals surface area (Å²) in [4.78, 5) is 4.19. The van der Waals surface area contributed by atoms with E-state index >= 15 is 0 Å². The molecule has 6 heteroatoms. The molecule has 0 radical (unpaired) electrons. The molecule has 0 aliphatic rings. The van der Waals surface area contributed by atoms with Crippen LogP contribution in [0.4, 0.5) is 4.39 Å². The number of nitrogens with zero attached hydrogens (tertiary/aromatic N) is 1. The second kappa shape index (κ2) is 5.20. The van der Waals surface area contributed by atoms with Gasteiger partial charge in [0.25, 0.3) is 0 Å². The first-order valence-electron chi connectivity index (χ1n) is 5.95. The van der Waals surface area contributed by atoms with Gasteiger partial charge in [0.15, 0.2) is 11.4 Å². The third-order valence-electron chi connectivity index (χ3n) is 3.03. The number of rotatable bonds is 3. The maximum absolute atomic E-state index is 13.7. The van der Waals surface area contributed by atoms with Gasteiger partial charge in [0.2, 0.25) is 0 Å². The number of furan rings is 1. The molecular formula is C14H11ClFN3O. The van der Waals surface area contributed by atoms with E-state index in [1.54, 1.807) is 36.5 Å². The molecule has 1 unspecified atom stereocenters. The summed E-state index contributed by atoms with van der Waals surface area (Å²) < 4.78 is 19.2. The second-order valence-electron chi connectivity index (χ2n) is 4.28. The van der Waals surface area contributed by atoms with Crippen LogP contribution in [0.2, 0.25) is 5.02 Å². The molecule has 3 aromatic rings. The minimum absolute atomic E-state index is 0.190. The first-order chi connectivity index (χ1) is 9.70. The zero-order valence-corrected chi connectivity index (χ0v) is 11.1. The van der Waals surface area contributed by atoms with E-state index in [9.17, 15) is 4.39 Å². The molecule has 0 amide bonds. The number of fused-ring (bicyclic) bond motifs is 1. The Labute approximate surface area is 119 Å². The molecule has 0 bridgehead atoms. The topological polar surface area (TPSA) is 64.1 Å². The molecule has 0 fully saturated rings. The minimum Gasteiger partial charge on any atom is -0.456 e. The van der Waals surface area contributed by atoms with Gasteiger partial charge >= 0.3 is 0 Å². The third kappa shape index (κ3) is 2.16. The highest BCUT2D eigenvalue weighted by molar-refractivity contribution is 6.31. The Morgan fingerprint density at radius 2 is 2.15 bits per heavy atom. The van der Waals surface area contributed by atoms with Gasteiger partial charge in [0.1, 0.15) is 11.8 Å². The van der Waals surface area contributed by atoms with Gasteiger partial charge in [-0.25, -0.2) is 9.82 Å². The minimum atomic E-state index is -0.546. The van der Waals surface area contributed by atoms with Gasteiger partial charge in [-0.05, 0) is 24.3 Å². The number of hydrogen-bond acceptors (Lipinski definition) is 4. The van der Waals surface area contributed by atoms with Crippen LogP contribution >= 0.6 is 11.6 Å². The molecule has 3 N–H and O–H groups in total. The van der Waals surface area contributed by atoms with Crippen molar-refractivity contribution in [1.29, 1.82) is 0 Å². The van der Waals surface area contributed by atoms with E-state index in [1.807, 2.05) is 0 Å². The highest BCUT2D eigenvalue weighted by atomic mass is 35.5. The molecule has 102 valence electrons. The highest BCUT2D eigenvalue weighted by Crippen LogP contribution is 2.31. The van der Waals surface area contributed by atoms with Gasteiger partial charge < -0.3 is 4.42 Å². The van der Waals surface area contributed by atoms with Crippen molar-refractivity contribution in [3.63, 3.8) is 0 Å². The van der Waals surface area contributed by atoms with E-state index in [1.165, 1.54) is 6.07 Å². The standard InChI is InChI=1S/C14H11ClFN3O/c15-9-4-2-6-18-12(9)13(19-17)11-7-8-3-1-5-10(16)14(8)20-11/h1-7,13,19H,17H2. The highest BCUT2D eigenvalue weighted by Gasteiger charge is 2.21. The molecule has 0 spiro atoms. The molecule has 0 saturated carbocycles. The summed E-state index contributed by atoms with van der Waals surface area (Å²) in [5.41, 5.74) is 3.31. The van der Waals surface area contributed by atoms with Gasteiger partial charge in [-0.15, -0.1) is 0 Å². The average Bonchev–Trinajstić information content (AvgIpc) is 2.87. The number of hydrogen-bond donors (Lipinski definition) is 2. The fourth-order valence-corrected chi connectivity index (χ4v) is 2.33. The number of benzene rings is 1. The van der Waals surface area contributed by atoms with E-state index in [0.29, 0.717) is 21.9 Å². The zero-order chi connectivity index (χ0) is 14.1. The van der Waals surface area contributed by atoms with Gasteiger partial charge in [-0.1, -0.05) is 23.7 Å². The molecule has 20 heavy (non-hydrogen) atoms. The van der Waals surface area contributed by atoms with Crippen LogP contribution in [0.5, 0.6) is 0 Å². The monoisotopic (exact) mass is 291 g/mol. The predicted octanol–water partition coefficient (Wildman–Crippen LogP) is 3.17. The first-order valence-corrected chi connectivity index (χ1v) is 6.33. The van der Waals surface area contributed by atoms with Crippen LogP contribution in [0.1, 0.15) is 17.5 Å². The molecule has 2 heterocycles. The van der Waals surface area contributed by atoms with Crippen molar-refractivity contribution in [1.82, 2.24) is 10.4 Å². The van der Waals surface area contributed by atoms with Gasteiger partial charge in [-0.2, -0.15) is 0 Å². The molecule has 2 aromatic heterocycles. The SMILES string of the molecule is NNC(c1cc2cccc(F)c2o1)c1ncccc1Cl. The van der Waals surface area contributed by atoms with Crippen molar-refractivity contribution >= 4 is 22.6 Å². The van der Waals surface area contributed by atoms with Gasteiger partial charge in [-0.3, -0.25) is 10.8 Å². The molecule has 0 aliphatic heterocycles. The summed E-state index contributed by atoms with van der Waals surface area (Å²) >= 11 is 6.10. The van der Waals surface area contributed by atoms with Gasteiger partial charge in [0.05, 0.1) is 10.7 Å². The normalized spacial score (nSPS) is 12.8. The molecule has 4 nitrogen and oxygen atoms in total. The van der Waals surface area contributed by atoms with E-state index in [-0.39, 0.29) is 5.58 Å². The summed E-state index contributed by atoms with van der Waals surface area (Å²) in [7, 11) is 0. The Kier molecular flexibility index (Phi) is 3.40. The Morgan fingerprint density at radius 3 is 2.85 bits per heavy atom. The number of nitrogens with one attached hydrogen (secondary N) is 1. The predicted molar refractivity (Wildman–Crippen MR) is 74.6 cm³/mol. The second-order valence-corrected chi connectivity index (χ2v) is 4.68. The third-order valence-corrected chi connectivity index (χ3v) is 3.35. The maximum atomic E-state index is 13.7. The lowest BCUT2D eigenvalue weighted by Gasteiger charge is -2.13. The molecular weight excluding hydrogens is 281 g/mol. The van der Waals surface area contributed by atoms with Crippen molar-refractivity contribution in [2.24, 2.45) is 5.84 Å². The van der Waals surface area contributed by atoms with Crippen molar-refractivity contribution in [2.45, 2.75) is 6.04 Å². The van der Waals surface area contributed by atoms with Crippen molar-refractivity contribution in [2.75, 3.05) is 0 Å². The Balaban J connectivity index is 2.12. The van der Waals surface area contributed by atoms with Crippen LogP contribution in [0.3, 0.4) is 0 Å². The molecule has 1 atom stereocenters. The van der Waals surface area contributed by atoms with E-state index in [2.05, 4.69) is 10.4 Å². The smallest absolute Gasteiger partial charge is 0.169 e. The Hall–Kier alpha value is -1.95. The number of para-hydroxylation sites is 1. The quantitative estimate of drug-likeness (QED) is 0.575. The van der Waals surface area contributed by atoms with Crippen LogP contribution in [-0.2, 0) is 0 Å². The fourth-order valence-electron chi connectivity index (χ4n) is 2.10. The lowest BCUT2D eigenvalue weighted by molar-refractivity contribution is 0.460. The molecule has 0 aliphatic carbocycles. The number of hydrazine groups is 1. The largest absolute Gasteiger partial charge is 0.456 e.